The van der Waals surface area contributed by atoms with Crippen molar-refractivity contribution in [2.45, 2.75) is 39.7 Å². The molecule has 1 aromatic carbocycles. The zero-order valence-corrected chi connectivity index (χ0v) is 10.0. The molecule has 1 aliphatic rings. The van der Waals surface area contributed by atoms with Crippen molar-refractivity contribution in [3.05, 3.63) is 34.9 Å². The largest absolute Gasteiger partial charge is 0.310 e. The molecule has 0 radical (unpaired) electrons. The third kappa shape index (κ3) is 3.07. The lowest BCUT2D eigenvalue weighted by atomic mass is 10.0. The Morgan fingerprint density at radius 1 is 1.20 bits per heavy atom. The molecule has 0 bridgehead atoms. The maximum Gasteiger partial charge on any atom is 0.0292 e. The Bertz CT molecular complexity index is 319. The van der Waals surface area contributed by atoms with Crippen molar-refractivity contribution in [3.63, 3.8) is 0 Å². The van der Waals surface area contributed by atoms with Gasteiger partial charge < -0.3 is 5.32 Å². The second kappa shape index (κ2) is 4.36. The molecule has 82 valence electrons. The maximum atomic E-state index is 3.62. The number of hydrogen-bond donors (Lipinski definition) is 1. The minimum absolute atomic E-state index is 0.490. The number of nitrogens with one attached hydrogen (secondary N) is 1. The van der Waals surface area contributed by atoms with Crippen molar-refractivity contribution in [3.8, 4) is 0 Å². The molecule has 0 heterocycles. The molecule has 0 saturated heterocycles. The Hall–Kier alpha value is -0.820. The summed E-state index contributed by atoms with van der Waals surface area (Å²) in [4.78, 5) is 0. The van der Waals surface area contributed by atoms with Gasteiger partial charge in [-0.1, -0.05) is 29.3 Å². The zero-order valence-electron chi connectivity index (χ0n) is 10.0. The number of aryl methyl sites for hydroxylation is 2. The highest BCUT2D eigenvalue weighted by molar-refractivity contribution is 5.30. The van der Waals surface area contributed by atoms with Crippen LogP contribution in [0.25, 0.3) is 0 Å². The molecule has 1 aliphatic carbocycles. The fourth-order valence-electron chi connectivity index (χ4n) is 2.04. The van der Waals surface area contributed by atoms with E-state index in [1.54, 1.807) is 0 Å². The van der Waals surface area contributed by atoms with E-state index in [4.69, 9.17) is 0 Å². The van der Waals surface area contributed by atoms with Crippen LogP contribution in [0.3, 0.4) is 0 Å². The Balaban J connectivity index is 1.99. The van der Waals surface area contributed by atoms with Gasteiger partial charge in [0.1, 0.15) is 0 Å². The minimum atomic E-state index is 0.490. The first-order chi connectivity index (χ1) is 7.15. The monoisotopic (exact) mass is 203 g/mol. The second-order valence-corrected chi connectivity index (χ2v) is 4.99. The van der Waals surface area contributed by atoms with E-state index >= 15 is 0 Å². The van der Waals surface area contributed by atoms with Crippen LogP contribution in [0.5, 0.6) is 0 Å². The molecule has 1 N–H and O–H groups in total. The van der Waals surface area contributed by atoms with Crippen LogP contribution in [0.4, 0.5) is 0 Å². The lowest BCUT2D eigenvalue weighted by molar-refractivity contribution is 0.548. The highest BCUT2D eigenvalue weighted by Crippen LogP contribution is 2.28. The first kappa shape index (κ1) is 10.7. The van der Waals surface area contributed by atoms with Crippen molar-refractivity contribution in [2.24, 2.45) is 5.92 Å². The van der Waals surface area contributed by atoms with Crippen LogP contribution < -0.4 is 5.32 Å². The van der Waals surface area contributed by atoms with Crippen LogP contribution in [-0.2, 0) is 0 Å². The SMILES string of the molecule is Cc1cc(C)cc([C@@H](C)NCC2CC2)c1. The summed E-state index contributed by atoms with van der Waals surface area (Å²) in [5.74, 6) is 0.957. The molecule has 0 aliphatic heterocycles. The van der Waals surface area contributed by atoms with Crippen molar-refractivity contribution in [2.75, 3.05) is 6.54 Å². The van der Waals surface area contributed by atoms with Gasteiger partial charge in [-0.15, -0.1) is 0 Å². The molecule has 0 spiro atoms. The third-order valence-electron chi connectivity index (χ3n) is 3.15. The van der Waals surface area contributed by atoms with E-state index in [9.17, 15) is 0 Å². The minimum Gasteiger partial charge on any atom is -0.310 e. The van der Waals surface area contributed by atoms with Crippen molar-refractivity contribution in [1.29, 1.82) is 0 Å². The van der Waals surface area contributed by atoms with E-state index in [2.05, 4.69) is 44.3 Å². The van der Waals surface area contributed by atoms with Crippen LogP contribution >= 0.6 is 0 Å². The van der Waals surface area contributed by atoms with Gasteiger partial charge in [0.2, 0.25) is 0 Å². The fraction of sp³-hybridized carbons (Fsp3) is 0.571. The average molecular weight is 203 g/mol. The van der Waals surface area contributed by atoms with Gasteiger partial charge in [-0.3, -0.25) is 0 Å². The molecule has 15 heavy (non-hydrogen) atoms. The van der Waals surface area contributed by atoms with E-state index in [0.717, 1.165) is 5.92 Å². The molecule has 1 aromatic rings. The molecule has 1 nitrogen and oxygen atoms in total. The summed E-state index contributed by atoms with van der Waals surface area (Å²) >= 11 is 0. The van der Waals surface area contributed by atoms with Gasteiger partial charge in [-0.25, -0.2) is 0 Å². The van der Waals surface area contributed by atoms with Crippen molar-refractivity contribution < 1.29 is 0 Å². The molecule has 0 unspecified atom stereocenters. The van der Waals surface area contributed by atoms with E-state index < -0.39 is 0 Å². The molecule has 0 amide bonds. The highest BCUT2D eigenvalue weighted by Gasteiger charge is 2.21. The predicted octanol–water partition coefficient (Wildman–Crippen LogP) is 3.36. The smallest absolute Gasteiger partial charge is 0.0292 e. The van der Waals surface area contributed by atoms with Gasteiger partial charge in [0.25, 0.3) is 0 Å². The molecule has 1 saturated carbocycles. The summed E-state index contributed by atoms with van der Waals surface area (Å²) in [5, 5.41) is 3.62. The van der Waals surface area contributed by atoms with Crippen LogP contribution in [0.15, 0.2) is 18.2 Å². The Morgan fingerprint density at radius 3 is 2.33 bits per heavy atom. The summed E-state index contributed by atoms with van der Waals surface area (Å²) in [6.45, 7) is 7.79. The lowest BCUT2D eigenvalue weighted by Crippen LogP contribution is -2.21. The number of hydrogen-bond acceptors (Lipinski definition) is 1. The molecular weight excluding hydrogens is 182 g/mol. The van der Waals surface area contributed by atoms with Gasteiger partial charge in [-0.2, -0.15) is 0 Å². The van der Waals surface area contributed by atoms with E-state index in [-0.39, 0.29) is 0 Å². The molecule has 1 fully saturated rings. The fourth-order valence-corrected chi connectivity index (χ4v) is 2.04. The molecule has 2 rings (SSSR count). The van der Waals surface area contributed by atoms with Crippen molar-refractivity contribution in [1.82, 2.24) is 5.32 Å². The Morgan fingerprint density at radius 2 is 1.80 bits per heavy atom. The van der Waals surface area contributed by atoms with E-state index in [1.807, 2.05) is 0 Å². The first-order valence-electron chi connectivity index (χ1n) is 5.97. The summed E-state index contributed by atoms with van der Waals surface area (Å²) < 4.78 is 0. The van der Waals surface area contributed by atoms with Gasteiger partial charge in [0.15, 0.2) is 0 Å². The lowest BCUT2D eigenvalue weighted by Gasteiger charge is -2.15. The summed E-state index contributed by atoms with van der Waals surface area (Å²) in [7, 11) is 0. The predicted molar refractivity (Wildman–Crippen MR) is 65.1 cm³/mol. The third-order valence-corrected chi connectivity index (χ3v) is 3.15. The zero-order chi connectivity index (χ0) is 10.8. The van der Waals surface area contributed by atoms with Crippen LogP contribution in [0, 0.1) is 19.8 Å². The summed E-state index contributed by atoms with van der Waals surface area (Å²) in [6, 6.07) is 7.30. The topological polar surface area (TPSA) is 12.0 Å². The van der Waals surface area contributed by atoms with Crippen LogP contribution in [0.1, 0.15) is 42.5 Å². The normalized spacial score (nSPS) is 17.8. The van der Waals surface area contributed by atoms with Gasteiger partial charge in [-0.05, 0) is 51.6 Å². The number of benzene rings is 1. The van der Waals surface area contributed by atoms with E-state index in [0.29, 0.717) is 6.04 Å². The number of rotatable bonds is 4. The maximum absolute atomic E-state index is 3.62. The summed E-state index contributed by atoms with van der Waals surface area (Å²) in [5.41, 5.74) is 4.16. The van der Waals surface area contributed by atoms with Gasteiger partial charge in [0, 0.05) is 6.04 Å². The first-order valence-corrected chi connectivity index (χ1v) is 5.97. The molecule has 0 aromatic heterocycles. The van der Waals surface area contributed by atoms with Crippen LogP contribution in [0.2, 0.25) is 0 Å². The molecule has 1 heteroatoms. The van der Waals surface area contributed by atoms with Crippen molar-refractivity contribution >= 4 is 0 Å². The Kier molecular flexibility index (Phi) is 3.11. The van der Waals surface area contributed by atoms with Gasteiger partial charge >= 0.3 is 0 Å². The molecular formula is C14H21N. The molecule has 1 atom stereocenters. The quantitative estimate of drug-likeness (QED) is 0.791. The Labute approximate surface area is 92.9 Å². The average Bonchev–Trinajstić information content (AvgIpc) is 2.96. The highest BCUT2D eigenvalue weighted by atomic mass is 14.9. The van der Waals surface area contributed by atoms with Crippen LogP contribution in [-0.4, -0.2) is 6.54 Å². The van der Waals surface area contributed by atoms with Gasteiger partial charge in [0.05, 0.1) is 0 Å². The summed E-state index contributed by atoms with van der Waals surface area (Å²) in [6.07, 6.45) is 2.85. The van der Waals surface area contributed by atoms with E-state index in [1.165, 1.54) is 36.1 Å². The second-order valence-electron chi connectivity index (χ2n) is 4.99. The standard InChI is InChI=1S/C14H21N/c1-10-6-11(2)8-14(7-10)12(3)15-9-13-4-5-13/h6-8,12-13,15H,4-5,9H2,1-3H3/t12-/m1/s1.